The summed E-state index contributed by atoms with van der Waals surface area (Å²) in [7, 11) is 1.58. The molecule has 0 unspecified atom stereocenters. The van der Waals surface area contributed by atoms with Gasteiger partial charge in [0.1, 0.15) is 5.75 Å². The molecule has 0 aliphatic heterocycles. The van der Waals surface area contributed by atoms with Gasteiger partial charge in [-0.2, -0.15) is 0 Å². The number of carboxylic acids is 1. The molecule has 98 valence electrons. The Balaban J connectivity index is 2.27. The van der Waals surface area contributed by atoms with E-state index in [0.717, 1.165) is 11.1 Å². The fourth-order valence-electron chi connectivity index (χ4n) is 2.06. The number of ether oxygens (including phenoxy) is 1. The molecule has 0 fully saturated rings. The zero-order valence-electron chi connectivity index (χ0n) is 10.7. The highest BCUT2D eigenvalue weighted by atomic mass is 16.5. The second-order valence-electron chi connectivity index (χ2n) is 4.36. The molecular formula is C16H16O3. The van der Waals surface area contributed by atoms with Gasteiger partial charge in [-0.15, -0.1) is 0 Å². The number of hydrogen-bond acceptors (Lipinski definition) is 2. The van der Waals surface area contributed by atoms with E-state index in [2.05, 4.69) is 0 Å². The van der Waals surface area contributed by atoms with Crippen molar-refractivity contribution in [3.63, 3.8) is 0 Å². The second kappa shape index (κ2) is 6.05. The van der Waals surface area contributed by atoms with Crippen molar-refractivity contribution in [1.82, 2.24) is 0 Å². The SMILES string of the molecule is COc1cccc([C@H](Cc2ccccc2)C(=O)O)c1. The minimum Gasteiger partial charge on any atom is -0.497 e. The highest BCUT2D eigenvalue weighted by Crippen LogP contribution is 2.24. The third-order valence-corrected chi connectivity index (χ3v) is 3.08. The average Bonchev–Trinajstić information content (AvgIpc) is 2.45. The van der Waals surface area contributed by atoms with Crippen LogP contribution in [0.3, 0.4) is 0 Å². The summed E-state index contributed by atoms with van der Waals surface area (Å²) in [6, 6.07) is 16.9. The maximum atomic E-state index is 11.5. The van der Waals surface area contributed by atoms with E-state index < -0.39 is 11.9 Å². The Labute approximate surface area is 112 Å². The molecule has 0 aromatic heterocycles. The summed E-state index contributed by atoms with van der Waals surface area (Å²) in [5, 5.41) is 9.41. The third-order valence-electron chi connectivity index (χ3n) is 3.08. The van der Waals surface area contributed by atoms with E-state index in [1.165, 1.54) is 0 Å². The second-order valence-corrected chi connectivity index (χ2v) is 4.36. The predicted molar refractivity (Wildman–Crippen MR) is 73.5 cm³/mol. The monoisotopic (exact) mass is 256 g/mol. The summed E-state index contributed by atoms with van der Waals surface area (Å²) in [4.78, 5) is 11.5. The van der Waals surface area contributed by atoms with Crippen LogP contribution in [-0.2, 0) is 11.2 Å². The topological polar surface area (TPSA) is 46.5 Å². The molecule has 3 heteroatoms. The van der Waals surface area contributed by atoms with E-state index in [4.69, 9.17) is 4.74 Å². The van der Waals surface area contributed by atoms with Crippen LogP contribution in [0, 0.1) is 0 Å². The van der Waals surface area contributed by atoms with Gasteiger partial charge in [0.15, 0.2) is 0 Å². The van der Waals surface area contributed by atoms with Gasteiger partial charge >= 0.3 is 5.97 Å². The molecular weight excluding hydrogens is 240 g/mol. The molecule has 0 amide bonds. The molecule has 19 heavy (non-hydrogen) atoms. The molecule has 0 bridgehead atoms. The van der Waals surface area contributed by atoms with Gasteiger partial charge in [0.05, 0.1) is 13.0 Å². The molecule has 2 aromatic rings. The van der Waals surface area contributed by atoms with Crippen LogP contribution in [-0.4, -0.2) is 18.2 Å². The summed E-state index contributed by atoms with van der Waals surface area (Å²) in [6.45, 7) is 0. The number of aliphatic carboxylic acids is 1. The van der Waals surface area contributed by atoms with Crippen molar-refractivity contribution in [3.8, 4) is 5.75 Å². The summed E-state index contributed by atoms with van der Waals surface area (Å²) >= 11 is 0. The van der Waals surface area contributed by atoms with Crippen LogP contribution in [0.5, 0.6) is 5.75 Å². The van der Waals surface area contributed by atoms with E-state index in [0.29, 0.717) is 12.2 Å². The smallest absolute Gasteiger partial charge is 0.311 e. The highest BCUT2D eigenvalue weighted by Gasteiger charge is 2.20. The summed E-state index contributed by atoms with van der Waals surface area (Å²) in [5.74, 6) is -0.702. The number of carbonyl (C=O) groups is 1. The predicted octanol–water partition coefficient (Wildman–Crippen LogP) is 3.11. The first-order chi connectivity index (χ1) is 9.20. The Hall–Kier alpha value is -2.29. The number of carboxylic acid groups (broad SMARTS) is 1. The van der Waals surface area contributed by atoms with Crippen LogP contribution >= 0.6 is 0 Å². The van der Waals surface area contributed by atoms with Gasteiger partial charge in [-0.05, 0) is 29.7 Å². The first-order valence-corrected chi connectivity index (χ1v) is 6.11. The van der Waals surface area contributed by atoms with Crippen molar-refractivity contribution in [2.75, 3.05) is 7.11 Å². The van der Waals surface area contributed by atoms with Gasteiger partial charge in [-0.25, -0.2) is 0 Å². The normalized spacial score (nSPS) is 11.8. The summed E-state index contributed by atoms with van der Waals surface area (Å²) in [6.07, 6.45) is 0.476. The van der Waals surface area contributed by atoms with E-state index in [1.54, 1.807) is 13.2 Å². The highest BCUT2D eigenvalue weighted by molar-refractivity contribution is 5.76. The van der Waals surface area contributed by atoms with Crippen LogP contribution in [0.2, 0.25) is 0 Å². The zero-order valence-corrected chi connectivity index (χ0v) is 10.7. The number of benzene rings is 2. The molecule has 0 saturated heterocycles. The third kappa shape index (κ3) is 3.35. The molecule has 3 nitrogen and oxygen atoms in total. The van der Waals surface area contributed by atoms with Gasteiger partial charge in [-0.1, -0.05) is 42.5 Å². The van der Waals surface area contributed by atoms with Crippen molar-refractivity contribution >= 4 is 5.97 Å². The first kappa shape index (κ1) is 13.1. The van der Waals surface area contributed by atoms with Gasteiger partial charge < -0.3 is 9.84 Å². The number of methoxy groups -OCH3 is 1. The van der Waals surface area contributed by atoms with Crippen LogP contribution in [0.1, 0.15) is 17.0 Å². The minimum atomic E-state index is -0.822. The Morgan fingerprint density at radius 2 is 1.89 bits per heavy atom. The van der Waals surface area contributed by atoms with Crippen molar-refractivity contribution in [2.24, 2.45) is 0 Å². The van der Waals surface area contributed by atoms with Crippen LogP contribution in [0.15, 0.2) is 54.6 Å². The lowest BCUT2D eigenvalue weighted by atomic mass is 9.92. The molecule has 0 aliphatic carbocycles. The average molecular weight is 256 g/mol. The van der Waals surface area contributed by atoms with Gasteiger partial charge in [0.25, 0.3) is 0 Å². The lowest BCUT2D eigenvalue weighted by Crippen LogP contribution is -2.14. The van der Waals surface area contributed by atoms with E-state index >= 15 is 0 Å². The van der Waals surface area contributed by atoms with E-state index in [1.807, 2.05) is 48.5 Å². The molecule has 1 atom stereocenters. The molecule has 0 saturated carbocycles. The van der Waals surface area contributed by atoms with E-state index in [9.17, 15) is 9.90 Å². The lowest BCUT2D eigenvalue weighted by Gasteiger charge is -2.13. The van der Waals surface area contributed by atoms with Crippen molar-refractivity contribution in [3.05, 3.63) is 65.7 Å². The summed E-state index contributed by atoms with van der Waals surface area (Å²) in [5.41, 5.74) is 1.77. The fraction of sp³-hybridized carbons (Fsp3) is 0.188. The summed E-state index contributed by atoms with van der Waals surface area (Å²) < 4.78 is 5.14. The molecule has 0 radical (unpaired) electrons. The van der Waals surface area contributed by atoms with Gasteiger partial charge in [0.2, 0.25) is 0 Å². The molecule has 2 rings (SSSR count). The fourth-order valence-corrected chi connectivity index (χ4v) is 2.06. The molecule has 1 N–H and O–H groups in total. The van der Waals surface area contributed by atoms with Crippen molar-refractivity contribution < 1.29 is 14.6 Å². The maximum absolute atomic E-state index is 11.5. The van der Waals surface area contributed by atoms with Gasteiger partial charge in [-0.3, -0.25) is 4.79 Å². The first-order valence-electron chi connectivity index (χ1n) is 6.11. The van der Waals surface area contributed by atoms with Crippen LogP contribution < -0.4 is 4.74 Å². The zero-order chi connectivity index (χ0) is 13.7. The largest absolute Gasteiger partial charge is 0.497 e. The lowest BCUT2D eigenvalue weighted by molar-refractivity contribution is -0.138. The Kier molecular flexibility index (Phi) is 4.18. The minimum absolute atomic E-state index is 0.476. The Bertz CT molecular complexity index is 549. The Morgan fingerprint density at radius 3 is 2.53 bits per heavy atom. The van der Waals surface area contributed by atoms with Crippen molar-refractivity contribution in [2.45, 2.75) is 12.3 Å². The van der Waals surface area contributed by atoms with Crippen LogP contribution in [0.25, 0.3) is 0 Å². The number of rotatable bonds is 5. The van der Waals surface area contributed by atoms with Crippen molar-refractivity contribution in [1.29, 1.82) is 0 Å². The quantitative estimate of drug-likeness (QED) is 0.894. The molecule has 0 aliphatic rings. The molecule has 2 aromatic carbocycles. The standard InChI is InChI=1S/C16H16O3/c1-19-14-9-5-8-13(11-14)15(16(17)18)10-12-6-3-2-4-7-12/h2-9,11,15H,10H2,1H3,(H,17,18)/t15-/m0/s1. The maximum Gasteiger partial charge on any atom is 0.311 e. The Morgan fingerprint density at radius 1 is 1.16 bits per heavy atom. The number of hydrogen-bond donors (Lipinski definition) is 1. The van der Waals surface area contributed by atoms with Gasteiger partial charge in [0, 0.05) is 0 Å². The molecule has 0 spiro atoms. The molecule has 0 heterocycles. The van der Waals surface area contributed by atoms with E-state index in [-0.39, 0.29) is 0 Å². The van der Waals surface area contributed by atoms with Crippen LogP contribution in [0.4, 0.5) is 0 Å².